The second-order valence-corrected chi connectivity index (χ2v) is 5.66. The standard InChI is InChI=1S/C16H16BrNO/c1-11-6-7-13(17)10-14(11)16(19)9-12(2)15-5-3-4-8-18-15/h3-8,10,12H,9H2,1-2H3. The number of nitrogens with zero attached hydrogens (tertiary/aromatic N) is 1. The van der Waals surface area contributed by atoms with Gasteiger partial charge in [0, 0.05) is 34.3 Å². The maximum absolute atomic E-state index is 12.4. The average Bonchev–Trinajstić information content (AvgIpc) is 2.42. The molecule has 0 radical (unpaired) electrons. The fraction of sp³-hybridized carbons (Fsp3) is 0.250. The van der Waals surface area contributed by atoms with Gasteiger partial charge in [-0.2, -0.15) is 0 Å². The topological polar surface area (TPSA) is 30.0 Å². The smallest absolute Gasteiger partial charge is 0.163 e. The Morgan fingerprint density at radius 2 is 2.11 bits per heavy atom. The molecule has 3 heteroatoms. The van der Waals surface area contributed by atoms with Crippen LogP contribution >= 0.6 is 15.9 Å². The van der Waals surface area contributed by atoms with Gasteiger partial charge in [0.05, 0.1) is 0 Å². The molecule has 0 saturated heterocycles. The van der Waals surface area contributed by atoms with E-state index in [4.69, 9.17) is 0 Å². The van der Waals surface area contributed by atoms with E-state index in [2.05, 4.69) is 20.9 Å². The summed E-state index contributed by atoms with van der Waals surface area (Å²) in [4.78, 5) is 16.7. The minimum absolute atomic E-state index is 0.132. The van der Waals surface area contributed by atoms with E-state index in [1.165, 1.54) is 0 Å². The van der Waals surface area contributed by atoms with Gasteiger partial charge in [-0.3, -0.25) is 9.78 Å². The summed E-state index contributed by atoms with van der Waals surface area (Å²) in [6, 6.07) is 11.6. The molecule has 1 heterocycles. The van der Waals surface area contributed by atoms with Gasteiger partial charge in [0.15, 0.2) is 5.78 Å². The molecule has 1 aromatic carbocycles. The molecule has 0 aliphatic heterocycles. The van der Waals surface area contributed by atoms with Crippen LogP contribution < -0.4 is 0 Å². The van der Waals surface area contributed by atoms with Crippen LogP contribution in [-0.2, 0) is 0 Å². The fourth-order valence-corrected chi connectivity index (χ4v) is 2.42. The predicted molar refractivity (Wildman–Crippen MR) is 80.5 cm³/mol. The second-order valence-electron chi connectivity index (χ2n) is 4.74. The van der Waals surface area contributed by atoms with Crippen LogP contribution in [0.15, 0.2) is 47.1 Å². The Labute approximate surface area is 122 Å². The van der Waals surface area contributed by atoms with Gasteiger partial charge in [-0.1, -0.05) is 35.0 Å². The lowest BCUT2D eigenvalue weighted by Crippen LogP contribution is -2.07. The molecule has 0 bridgehead atoms. The Morgan fingerprint density at radius 3 is 2.79 bits per heavy atom. The molecule has 1 aromatic heterocycles. The molecule has 0 N–H and O–H groups in total. The van der Waals surface area contributed by atoms with Gasteiger partial charge in [0.1, 0.15) is 0 Å². The third-order valence-corrected chi connectivity index (χ3v) is 3.68. The summed E-state index contributed by atoms with van der Waals surface area (Å²) in [6.45, 7) is 4.00. The molecule has 19 heavy (non-hydrogen) atoms. The number of benzene rings is 1. The summed E-state index contributed by atoms with van der Waals surface area (Å²) in [5.41, 5.74) is 2.77. The van der Waals surface area contributed by atoms with Crippen LogP contribution in [0.2, 0.25) is 0 Å². The number of Topliss-reactive ketones (excluding diaryl/α,β-unsaturated/α-hetero) is 1. The number of ketones is 1. The van der Waals surface area contributed by atoms with Crippen molar-refractivity contribution in [2.45, 2.75) is 26.2 Å². The number of aryl methyl sites for hydroxylation is 1. The van der Waals surface area contributed by atoms with E-state index in [0.29, 0.717) is 6.42 Å². The Morgan fingerprint density at radius 1 is 1.32 bits per heavy atom. The molecule has 0 amide bonds. The van der Waals surface area contributed by atoms with Crippen molar-refractivity contribution in [1.29, 1.82) is 0 Å². The summed E-state index contributed by atoms with van der Waals surface area (Å²) in [6.07, 6.45) is 2.25. The van der Waals surface area contributed by atoms with Gasteiger partial charge >= 0.3 is 0 Å². The van der Waals surface area contributed by atoms with E-state index in [1.807, 2.05) is 50.2 Å². The average molecular weight is 318 g/mol. The lowest BCUT2D eigenvalue weighted by molar-refractivity contribution is 0.0974. The quantitative estimate of drug-likeness (QED) is 0.775. The van der Waals surface area contributed by atoms with E-state index in [0.717, 1.165) is 21.3 Å². The first kappa shape index (κ1) is 13.9. The highest BCUT2D eigenvalue weighted by molar-refractivity contribution is 9.10. The maximum Gasteiger partial charge on any atom is 0.163 e. The van der Waals surface area contributed by atoms with Crippen molar-refractivity contribution in [3.63, 3.8) is 0 Å². The van der Waals surface area contributed by atoms with Crippen molar-refractivity contribution >= 4 is 21.7 Å². The first-order valence-corrected chi connectivity index (χ1v) is 7.07. The Hall–Kier alpha value is -1.48. The molecule has 0 aliphatic carbocycles. The number of pyridine rings is 1. The largest absolute Gasteiger partial charge is 0.294 e. The van der Waals surface area contributed by atoms with Crippen LogP contribution in [-0.4, -0.2) is 10.8 Å². The molecule has 98 valence electrons. The van der Waals surface area contributed by atoms with Gasteiger partial charge in [0.25, 0.3) is 0 Å². The third-order valence-electron chi connectivity index (χ3n) is 3.18. The zero-order valence-electron chi connectivity index (χ0n) is 11.1. The summed E-state index contributed by atoms with van der Waals surface area (Å²) in [7, 11) is 0. The molecule has 0 aliphatic rings. The molecule has 2 aromatic rings. The minimum Gasteiger partial charge on any atom is -0.294 e. The van der Waals surface area contributed by atoms with E-state index in [9.17, 15) is 4.79 Å². The van der Waals surface area contributed by atoms with E-state index in [-0.39, 0.29) is 11.7 Å². The molecule has 0 fully saturated rings. The van der Waals surface area contributed by atoms with Crippen molar-refractivity contribution in [2.24, 2.45) is 0 Å². The first-order chi connectivity index (χ1) is 9.08. The number of hydrogen-bond donors (Lipinski definition) is 0. The van der Waals surface area contributed by atoms with Crippen molar-refractivity contribution in [2.75, 3.05) is 0 Å². The zero-order chi connectivity index (χ0) is 13.8. The van der Waals surface area contributed by atoms with Crippen molar-refractivity contribution in [3.8, 4) is 0 Å². The number of rotatable bonds is 4. The molecular formula is C16H16BrNO. The van der Waals surface area contributed by atoms with Gasteiger partial charge < -0.3 is 0 Å². The van der Waals surface area contributed by atoms with Crippen LogP contribution in [0.3, 0.4) is 0 Å². The zero-order valence-corrected chi connectivity index (χ0v) is 12.6. The highest BCUT2D eigenvalue weighted by Gasteiger charge is 2.15. The fourth-order valence-electron chi connectivity index (χ4n) is 2.05. The van der Waals surface area contributed by atoms with E-state index < -0.39 is 0 Å². The highest BCUT2D eigenvalue weighted by Crippen LogP contribution is 2.22. The molecule has 0 saturated carbocycles. The number of halogens is 1. The molecular weight excluding hydrogens is 302 g/mol. The molecule has 1 unspecified atom stereocenters. The molecule has 2 nitrogen and oxygen atoms in total. The Balaban J connectivity index is 2.15. The summed E-state index contributed by atoms with van der Waals surface area (Å²) in [5.74, 6) is 0.295. The predicted octanol–water partition coefficient (Wildman–Crippen LogP) is 4.53. The third kappa shape index (κ3) is 3.51. The van der Waals surface area contributed by atoms with E-state index in [1.54, 1.807) is 6.20 Å². The molecule has 0 spiro atoms. The molecule has 2 rings (SSSR count). The van der Waals surface area contributed by atoms with Crippen LogP contribution in [0.5, 0.6) is 0 Å². The lowest BCUT2D eigenvalue weighted by Gasteiger charge is -2.11. The highest BCUT2D eigenvalue weighted by atomic mass is 79.9. The van der Waals surface area contributed by atoms with Crippen LogP contribution in [0.25, 0.3) is 0 Å². The summed E-state index contributed by atoms with van der Waals surface area (Å²) >= 11 is 3.41. The van der Waals surface area contributed by atoms with E-state index >= 15 is 0 Å². The van der Waals surface area contributed by atoms with Crippen molar-refractivity contribution in [1.82, 2.24) is 4.98 Å². The van der Waals surface area contributed by atoms with Gasteiger partial charge in [0.2, 0.25) is 0 Å². The van der Waals surface area contributed by atoms with Crippen LogP contribution in [0.1, 0.15) is 40.9 Å². The minimum atomic E-state index is 0.132. The molecule has 1 atom stereocenters. The van der Waals surface area contributed by atoms with Gasteiger partial charge in [-0.25, -0.2) is 0 Å². The SMILES string of the molecule is Cc1ccc(Br)cc1C(=O)CC(C)c1ccccn1. The number of carbonyl (C=O) groups is 1. The lowest BCUT2D eigenvalue weighted by atomic mass is 9.94. The second kappa shape index (κ2) is 6.11. The number of hydrogen-bond acceptors (Lipinski definition) is 2. The maximum atomic E-state index is 12.4. The van der Waals surface area contributed by atoms with Crippen molar-refractivity contribution in [3.05, 3.63) is 63.9 Å². The van der Waals surface area contributed by atoms with Crippen molar-refractivity contribution < 1.29 is 4.79 Å². The summed E-state index contributed by atoms with van der Waals surface area (Å²) in [5, 5.41) is 0. The monoisotopic (exact) mass is 317 g/mol. The van der Waals surface area contributed by atoms with Crippen LogP contribution in [0, 0.1) is 6.92 Å². The summed E-state index contributed by atoms with van der Waals surface area (Å²) < 4.78 is 0.937. The van der Waals surface area contributed by atoms with Gasteiger partial charge in [-0.05, 0) is 36.8 Å². The Bertz CT molecular complexity index is 581. The Kier molecular flexibility index (Phi) is 4.48. The number of carbonyl (C=O) groups excluding carboxylic acids is 1. The first-order valence-electron chi connectivity index (χ1n) is 6.28. The van der Waals surface area contributed by atoms with Gasteiger partial charge in [-0.15, -0.1) is 0 Å². The van der Waals surface area contributed by atoms with Crippen LogP contribution in [0.4, 0.5) is 0 Å². The normalized spacial score (nSPS) is 12.2. The number of aromatic nitrogens is 1.